The predicted molar refractivity (Wildman–Crippen MR) is 78.5 cm³/mol. The number of alkyl carbamates (subject to hydrolysis) is 1. The molecule has 124 valence electrons. The van der Waals surface area contributed by atoms with Gasteiger partial charge in [-0.3, -0.25) is 0 Å². The third-order valence-electron chi connectivity index (χ3n) is 2.07. The number of carboxylic acid groups (broad SMARTS) is 1. The zero-order valence-electron chi connectivity index (χ0n) is 12.2. The fraction of sp³-hybridized carbons (Fsp3) is 0.545. The van der Waals surface area contributed by atoms with Crippen molar-refractivity contribution >= 4 is 33.4 Å². The second-order valence-electron chi connectivity index (χ2n) is 5.12. The van der Waals surface area contributed by atoms with Gasteiger partial charge in [-0.25, -0.2) is 27.7 Å². The number of sulfonamides is 1. The summed E-state index contributed by atoms with van der Waals surface area (Å²) in [6.45, 7) is 4.99. The molecule has 0 radical (unpaired) electrons. The lowest BCUT2D eigenvalue weighted by atomic mass is 10.2. The third kappa shape index (κ3) is 5.58. The van der Waals surface area contributed by atoms with Gasteiger partial charge >= 0.3 is 12.1 Å². The van der Waals surface area contributed by atoms with Crippen LogP contribution >= 0.6 is 11.3 Å². The molecule has 0 atom stereocenters. The molecule has 1 rings (SSSR count). The highest BCUT2D eigenvalue weighted by Gasteiger charge is 2.25. The van der Waals surface area contributed by atoms with Gasteiger partial charge in [-0.1, -0.05) is 0 Å². The number of nitrogens with zero attached hydrogens (tertiary/aromatic N) is 1. The van der Waals surface area contributed by atoms with E-state index in [2.05, 4.69) is 15.0 Å². The van der Waals surface area contributed by atoms with Gasteiger partial charge in [0.15, 0.2) is 9.90 Å². The Morgan fingerprint density at radius 1 is 1.36 bits per heavy atom. The predicted octanol–water partition coefficient (Wildman–Crippen LogP) is 0.644. The van der Waals surface area contributed by atoms with E-state index in [1.807, 2.05) is 0 Å². The monoisotopic (exact) mass is 351 g/mol. The molecule has 9 nitrogen and oxygen atoms in total. The summed E-state index contributed by atoms with van der Waals surface area (Å²) in [7, 11) is -3.99. The fourth-order valence-corrected chi connectivity index (χ4v) is 3.51. The quantitative estimate of drug-likeness (QED) is 0.640. The third-order valence-corrected chi connectivity index (χ3v) is 4.90. The van der Waals surface area contributed by atoms with E-state index in [1.54, 1.807) is 20.8 Å². The summed E-state index contributed by atoms with van der Waals surface area (Å²) >= 11 is 0.703. The SMILES string of the molecule is CC(C)(C)OC(=O)NCCNS(=O)(=O)c1scnc1C(=O)O. The van der Waals surface area contributed by atoms with E-state index < -0.39 is 33.4 Å². The first-order chi connectivity index (χ1) is 10.0. The number of ether oxygens (including phenoxy) is 1. The Morgan fingerprint density at radius 2 is 2.00 bits per heavy atom. The number of amides is 1. The minimum atomic E-state index is -3.99. The molecule has 1 amide bonds. The lowest BCUT2D eigenvalue weighted by Crippen LogP contribution is -2.37. The second kappa shape index (κ2) is 7.03. The number of carboxylic acids is 1. The zero-order valence-corrected chi connectivity index (χ0v) is 13.9. The van der Waals surface area contributed by atoms with E-state index in [1.165, 1.54) is 0 Å². The fourth-order valence-electron chi connectivity index (χ4n) is 1.30. The van der Waals surface area contributed by atoms with Gasteiger partial charge in [-0.05, 0) is 20.8 Å². The highest BCUT2D eigenvalue weighted by atomic mass is 32.2. The number of thiazole rings is 1. The van der Waals surface area contributed by atoms with Crippen molar-refractivity contribution in [2.45, 2.75) is 30.6 Å². The maximum absolute atomic E-state index is 11.9. The zero-order chi connectivity index (χ0) is 17.0. The first-order valence-corrected chi connectivity index (χ1v) is 8.52. The molecule has 1 heterocycles. The standard InChI is InChI=1S/C11H17N3O6S2/c1-11(2,3)20-10(17)12-4-5-14-22(18,19)9-7(8(15)16)13-6-21-9/h6,14H,4-5H2,1-3H3,(H,12,17)(H,15,16). The topological polar surface area (TPSA) is 135 Å². The number of aromatic carboxylic acids is 1. The minimum Gasteiger partial charge on any atom is -0.476 e. The number of hydrogen-bond donors (Lipinski definition) is 3. The Hall–Kier alpha value is -1.72. The molecule has 0 spiro atoms. The molecular formula is C11H17N3O6S2. The maximum Gasteiger partial charge on any atom is 0.407 e. The number of nitrogens with one attached hydrogen (secondary N) is 2. The highest BCUT2D eigenvalue weighted by Crippen LogP contribution is 2.19. The molecule has 0 saturated heterocycles. The summed E-state index contributed by atoms with van der Waals surface area (Å²) in [6, 6.07) is 0. The number of aromatic nitrogens is 1. The summed E-state index contributed by atoms with van der Waals surface area (Å²) in [5, 5.41) is 11.2. The first kappa shape index (κ1) is 18.3. The van der Waals surface area contributed by atoms with Gasteiger partial charge < -0.3 is 15.2 Å². The Kier molecular flexibility index (Phi) is 5.85. The van der Waals surface area contributed by atoms with Crippen molar-refractivity contribution in [2.75, 3.05) is 13.1 Å². The molecule has 0 unspecified atom stereocenters. The molecular weight excluding hydrogens is 334 g/mol. The van der Waals surface area contributed by atoms with Crippen molar-refractivity contribution in [1.82, 2.24) is 15.0 Å². The van der Waals surface area contributed by atoms with Crippen LogP contribution in [0.25, 0.3) is 0 Å². The molecule has 11 heteroatoms. The minimum absolute atomic E-state index is 0.00461. The molecule has 0 aliphatic carbocycles. The van der Waals surface area contributed by atoms with Crippen molar-refractivity contribution in [3.63, 3.8) is 0 Å². The smallest absolute Gasteiger partial charge is 0.407 e. The van der Waals surface area contributed by atoms with Crippen LogP contribution in [0.2, 0.25) is 0 Å². The van der Waals surface area contributed by atoms with Crippen LogP contribution in [0.3, 0.4) is 0 Å². The van der Waals surface area contributed by atoms with Crippen LogP contribution in [0.1, 0.15) is 31.3 Å². The lowest BCUT2D eigenvalue weighted by Gasteiger charge is -2.19. The molecule has 0 saturated carbocycles. The van der Waals surface area contributed by atoms with E-state index in [-0.39, 0.29) is 17.3 Å². The van der Waals surface area contributed by atoms with Crippen LogP contribution < -0.4 is 10.0 Å². The van der Waals surface area contributed by atoms with E-state index in [9.17, 15) is 18.0 Å². The molecule has 1 aromatic rings. The number of carbonyl (C=O) groups excluding carboxylic acids is 1. The maximum atomic E-state index is 11.9. The number of rotatable bonds is 6. The summed E-state index contributed by atoms with van der Waals surface area (Å²) in [5.41, 5.74) is -0.0443. The molecule has 0 aliphatic heterocycles. The van der Waals surface area contributed by atoms with Crippen molar-refractivity contribution in [1.29, 1.82) is 0 Å². The summed E-state index contributed by atoms with van der Waals surface area (Å²) in [4.78, 5) is 25.7. The van der Waals surface area contributed by atoms with E-state index >= 15 is 0 Å². The van der Waals surface area contributed by atoms with Crippen LogP contribution in [-0.4, -0.2) is 49.3 Å². The molecule has 0 aromatic carbocycles. The van der Waals surface area contributed by atoms with Gasteiger partial charge in [0.2, 0.25) is 0 Å². The first-order valence-electron chi connectivity index (χ1n) is 6.16. The summed E-state index contributed by atoms with van der Waals surface area (Å²) in [6.07, 6.45) is -0.671. The van der Waals surface area contributed by atoms with E-state index in [0.717, 1.165) is 5.51 Å². The van der Waals surface area contributed by atoms with Crippen molar-refractivity contribution in [2.24, 2.45) is 0 Å². The highest BCUT2D eigenvalue weighted by molar-refractivity contribution is 7.91. The molecule has 0 aliphatic rings. The average Bonchev–Trinajstić information content (AvgIpc) is 2.82. The van der Waals surface area contributed by atoms with Crippen LogP contribution in [-0.2, 0) is 14.8 Å². The van der Waals surface area contributed by atoms with E-state index in [4.69, 9.17) is 9.84 Å². The Bertz CT molecular complexity index is 647. The van der Waals surface area contributed by atoms with Crippen LogP contribution in [0.4, 0.5) is 4.79 Å². The molecule has 1 aromatic heterocycles. The van der Waals surface area contributed by atoms with Gasteiger partial charge in [-0.2, -0.15) is 0 Å². The molecule has 22 heavy (non-hydrogen) atoms. The largest absolute Gasteiger partial charge is 0.476 e. The van der Waals surface area contributed by atoms with Crippen molar-refractivity contribution < 1.29 is 27.9 Å². The second-order valence-corrected chi connectivity index (χ2v) is 7.94. The lowest BCUT2D eigenvalue weighted by molar-refractivity contribution is 0.0528. The van der Waals surface area contributed by atoms with Gasteiger partial charge in [0, 0.05) is 13.1 Å². The average molecular weight is 351 g/mol. The van der Waals surface area contributed by atoms with Gasteiger partial charge in [0.25, 0.3) is 10.0 Å². The van der Waals surface area contributed by atoms with Gasteiger partial charge in [0.05, 0.1) is 5.51 Å². The number of hydrogen-bond acceptors (Lipinski definition) is 7. The van der Waals surface area contributed by atoms with Crippen molar-refractivity contribution in [3.05, 3.63) is 11.2 Å². The van der Waals surface area contributed by atoms with Gasteiger partial charge in [-0.15, -0.1) is 11.3 Å². The summed E-state index contributed by atoms with van der Waals surface area (Å²) in [5.74, 6) is -1.42. The van der Waals surface area contributed by atoms with Gasteiger partial charge in [0.1, 0.15) is 5.60 Å². The Morgan fingerprint density at radius 3 is 2.55 bits per heavy atom. The van der Waals surface area contributed by atoms with Crippen LogP contribution in [0.15, 0.2) is 9.72 Å². The molecule has 0 fully saturated rings. The normalized spacial score (nSPS) is 12.0. The van der Waals surface area contributed by atoms with Crippen LogP contribution in [0.5, 0.6) is 0 Å². The molecule has 0 bridgehead atoms. The van der Waals surface area contributed by atoms with Crippen molar-refractivity contribution in [3.8, 4) is 0 Å². The Labute approximate surface area is 131 Å². The number of carbonyl (C=O) groups is 2. The van der Waals surface area contributed by atoms with Crippen LogP contribution in [0, 0.1) is 0 Å². The molecule has 3 N–H and O–H groups in total. The Balaban J connectivity index is 2.52. The summed E-state index contributed by atoms with van der Waals surface area (Å²) < 4.78 is 30.7. The van der Waals surface area contributed by atoms with E-state index in [0.29, 0.717) is 11.3 Å².